The maximum atomic E-state index is 11.4. The lowest BCUT2D eigenvalue weighted by Gasteiger charge is -2.04. The van der Waals surface area contributed by atoms with Gasteiger partial charge in [0, 0.05) is 11.8 Å². The van der Waals surface area contributed by atoms with Gasteiger partial charge in [-0.25, -0.2) is 9.78 Å². The molecule has 0 bridgehead atoms. The molecule has 0 aliphatic heterocycles. The molecule has 0 radical (unpaired) electrons. The summed E-state index contributed by atoms with van der Waals surface area (Å²) in [5, 5.41) is 2.01. The molecule has 0 fully saturated rings. The van der Waals surface area contributed by atoms with Crippen LogP contribution >= 0.6 is 23.7 Å². The number of thiazole rings is 1. The van der Waals surface area contributed by atoms with E-state index in [1.165, 1.54) is 22.8 Å². The van der Waals surface area contributed by atoms with Gasteiger partial charge >= 0.3 is 5.97 Å². The fraction of sp³-hybridized carbons (Fsp3) is 0.300. The van der Waals surface area contributed by atoms with Crippen molar-refractivity contribution in [2.75, 3.05) is 6.61 Å². The zero-order valence-electron chi connectivity index (χ0n) is 9.50. The lowest BCUT2D eigenvalue weighted by atomic mass is 10.2. The van der Waals surface area contributed by atoms with Gasteiger partial charge in [0.25, 0.3) is 0 Å². The zero-order chi connectivity index (χ0) is 12.8. The van der Waals surface area contributed by atoms with Gasteiger partial charge in [0.15, 0.2) is 5.69 Å². The molecule has 0 spiro atoms. The van der Waals surface area contributed by atoms with Gasteiger partial charge in [-0.1, -0.05) is 12.7 Å². The molecule has 1 amide bonds. The van der Waals surface area contributed by atoms with Crippen molar-refractivity contribution in [3.8, 4) is 0 Å². The number of nitrogens with two attached hydrogens (primary N) is 2. The number of hydrogen-bond acceptors (Lipinski definition) is 6. The first kappa shape index (κ1) is 16.6. The number of ether oxygens (including phenoxy) is 1. The molecule has 1 aromatic rings. The van der Waals surface area contributed by atoms with Crippen molar-refractivity contribution >= 4 is 35.6 Å². The van der Waals surface area contributed by atoms with Gasteiger partial charge < -0.3 is 16.2 Å². The van der Waals surface area contributed by atoms with Crippen molar-refractivity contribution in [3.05, 3.63) is 28.7 Å². The van der Waals surface area contributed by atoms with Crippen molar-refractivity contribution in [3.63, 3.8) is 0 Å². The van der Waals surface area contributed by atoms with Crippen molar-refractivity contribution in [2.24, 2.45) is 11.5 Å². The number of halogens is 1. The molecule has 6 nitrogen and oxygen atoms in total. The van der Waals surface area contributed by atoms with Gasteiger partial charge in [0.2, 0.25) is 5.91 Å². The second kappa shape index (κ2) is 7.80. The third kappa shape index (κ3) is 4.82. The lowest BCUT2D eigenvalue weighted by Crippen LogP contribution is -2.20. The molecule has 4 N–H and O–H groups in total. The summed E-state index contributed by atoms with van der Waals surface area (Å²) >= 11 is 1.19. The molecule has 1 aromatic heterocycles. The lowest BCUT2D eigenvalue weighted by molar-refractivity contribution is -0.118. The Labute approximate surface area is 114 Å². The molecule has 100 valence electrons. The van der Waals surface area contributed by atoms with Gasteiger partial charge in [-0.3, -0.25) is 4.79 Å². The first-order valence-corrected chi connectivity index (χ1v) is 5.70. The number of primary amides is 1. The minimum absolute atomic E-state index is 0. The molecular weight excluding hydrogens is 278 g/mol. The molecule has 0 aromatic carbocycles. The smallest absolute Gasteiger partial charge is 0.358 e. The van der Waals surface area contributed by atoms with E-state index < -0.39 is 17.9 Å². The summed E-state index contributed by atoms with van der Waals surface area (Å²) in [5.41, 5.74) is 10.9. The average Bonchev–Trinajstić information content (AvgIpc) is 2.74. The van der Waals surface area contributed by atoms with E-state index in [1.54, 1.807) is 0 Å². The Morgan fingerprint density at radius 2 is 2.28 bits per heavy atom. The number of esters is 1. The van der Waals surface area contributed by atoms with E-state index in [0.717, 1.165) is 0 Å². The molecule has 0 unspecified atom stereocenters. The van der Waals surface area contributed by atoms with Crippen LogP contribution in [0.3, 0.4) is 0 Å². The summed E-state index contributed by atoms with van der Waals surface area (Å²) in [7, 11) is 0. The number of carbonyl (C=O) groups is 2. The summed E-state index contributed by atoms with van der Waals surface area (Å²) in [6.45, 7) is 3.55. The minimum Gasteiger partial charge on any atom is -0.457 e. The molecule has 1 heterocycles. The Morgan fingerprint density at radius 3 is 2.83 bits per heavy atom. The number of hydrogen-bond donors (Lipinski definition) is 2. The summed E-state index contributed by atoms with van der Waals surface area (Å²) < 4.78 is 4.81. The van der Waals surface area contributed by atoms with Crippen LogP contribution in [-0.2, 0) is 9.53 Å². The van der Waals surface area contributed by atoms with Crippen LogP contribution in [-0.4, -0.2) is 23.5 Å². The predicted octanol–water partition coefficient (Wildman–Crippen LogP) is 0.783. The summed E-state index contributed by atoms with van der Waals surface area (Å²) in [5.74, 6) is -1.05. The predicted molar refractivity (Wildman–Crippen MR) is 70.6 cm³/mol. The topological polar surface area (TPSA) is 108 Å². The molecular formula is C10H14ClN3O3S. The summed E-state index contributed by atoms with van der Waals surface area (Å²) in [6.07, 6.45) is 1.46. The van der Waals surface area contributed by atoms with E-state index in [-0.39, 0.29) is 31.1 Å². The Hall–Kier alpha value is -1.44. The number of nitrogens with zero attached hydrogens (tertiary/aromatic N) is 1. The molecule has 8 heteroatoms. The monoisotopic (exact) mass is 291 g/mol. The maximum absolute atomic E-state index is 11.4. The van der Waals surface area contributed by atoms with E-state index in [2.05, 4.69) is 11.6 Å². The Morgan fingerprint density at radius 1 is 1.61 bits per heavy atom. The van der Waals surface area contributed by atoms with Gasteiger partial charge in [-0.05, 0) is 0 Å². The van der Waals surface area contributed by atoms with Crippen molar-refractivity contribution in [1.82, 2.24) is 4.98 Å². The third-order valence-corrected chi connectivity index (χ3v) is 2.78. The van der Waals surface area contributed by atoms with Crippen LogP contribution in [0.5, 0.6) is 0 Å². The van der Waals surface area contributed by atoms with E-state index in [9.17, 15) is 9.59 Å². The Balaban J connectivity index is 0.00000289. The standard InChI is InChI=1S/C10H13N3O3S.ClH/c1-2-3-16-10(15)7-5-17-9(13-7)6(11)4-8(12)14;/h2,5-6H,1,3-4,11H2,(H2,12,14);1H/t6-;/m0./s1. The third-order valence-electron chi connectivity index (χ3n) is 1.80. The largest absolute Gasteiger partial charge is 0.457 e. The van der Waals surface area contributed by atoms with Crippen LogP contribution < -0.4 is 11.5 Å². The maximum Gasteiger partial charge on any atom is 0.358 e. The van der Waals surface area contributed by atoms with E-state index in [4.69, 9.17) is 16.2 Å². The van der Waals surface area contributed by atoms with Gasteiger partial charge in [-0.2, -0.15) is 0 Å². The van der Waals surface area contributed by atoms with Crippen LogP contribution in [0.25, 0.3) is 0 Å². The van der Waals surface area contributed by atoms with Crippen LogP contribution in [0.1, 0.15) is 28.0 Å². The second-order valence-electron chi connectivity index (χ2n) is 3.24. The number of rotatable bonds is 6. The quantitative estimate of drug-likeness (QED) is 0.595. The number of aromatic nitrogens is 1. The molecule has 0 saturated heterocycles. The summed E-state index contributed by atoms with van der Waals surface area (Å²) in [6, 6.07) is -0.585. The van der Waals surface area contributed by atoms with Crippen molar-refractivity contribution < 1.29 is 14.3 Å². The fourth-order valence-electron chi connectivity index (χ4n) is 1.06. The number of carbonyl (C=O) groups excluding carboxylic acids is 2. The normalized spacial score (nSPS) is 11.2. The fourth-order valence-corrected chi connectivity index (χ4v) is 1.85. The second-order valence-corrected chi connectivity index (χ2v) is 4.12. The van der Waals surface area contributed by atoms with Crippen LogP contribution in [0, 0.1) is 0 Å². The first-order chi connectivity index (χ1) is 8.04. The summed E-state index contributed by atoms with van der Waals surface area (Å²) in [4.78, 5) is 26.1. The molecule has 0 aliphatic rings. The average molecular weight is 292 g/mol. The van der Waals surface area contributed by atoms with Crippen molar-refractivity contribution in [2.45, 2.75) is 12.5 Å². The van der Waals surface area contributed by atoms with Gasteiger partial charge in [0.1, 0.15) is 11.6 Å². The molecule has 0 aliphatic carbocycles. The number of amides is 1. The SMILES string of the molecule is C=CCOC(=O)c1csc([C@@H](N)CC(N)=O)n1.Cl. The highest BCUT2D eigenvalue weighted by Crippen LogP contribution is 2.19. The highest BCUT2D eigenvalue weighted by molar-refractivity contribution is 7.09. The highest BCUT2D eigenvalue weighted by atomic mass is 35.5. The van der Waals surface area contributed by atoms with Gasteiger partial charge in [0.05, 0.1) is 6.04 Å². The van der Waals surface area contributed by atoms with Crippen LogP contribution in [0.4, 0.5) is 0 Å². The molecule has 1 rings (SSSR count). The van der Waals surface area contributed by atoms with Gasteiger partial charge in [-0.15, -0.1) is 23.7 Å². The Bertz CT molecular complexity index is 436. The van der Waals surface area contributed by atoms with E-state index in [0.29, 0.717) is 5.01 Å². The van der Waals surface area contributed by atoms with Crippen LogP contribution in [0.15, 0.2) is 18.0 Å². The first-order valence-electron chi connectivity index (χ1n) is 4.82. The molecule has 0 saturated carbocycles. The van der Waals surface area contributed by atoms with Crippen molar-refractivity contribution in [1.29, 1.82) is 0 Å². The van der Waals surface area contributed by atoms with E-state index >= 15 is 0 Å². The highest BCUT2D eigenvalue weighted by Gasteiger charge is 2.17. The zero-order valence-corrected chi connectivity index (χ0v) is 11.1. The molecule has 1 atom stereocenters. The minimum atomic E-state index is -0.585. The Kier molecular flexibility index (Phi) is 7.18. The van der Waals surface area contributed by atoms with Crippen LogP contribution in [0.2, 0.25) is 0 Å². The molecule has 18 heavy (non-hydrogen) atoms. The van der Waals surface area contributed by atoms with E-state index in [1.807, 2.05) is 0 Å².